The molecule has 4 aromatic rings. The number of nitrogens with one attached hydrogen (secondary N) is 1. The molecule has 2 aromatic carbocycles. The number of halogens is 1. The van der Waals surface area contributed by atoms with Gasteiger partial charge >= 0.3 is 0 Å². The Kier molecular flexibility index (Phi) is 7.28. The van der Waals surface area contributed by atoms with E-state index in [2.05, 4.69) is 62.4 Å². The number of hydrogen-bond donors (Lipinski definition) is 1. The van der Waals surface area contributed by atoms with Gasteiger partial charge in [-0.2, -0.15) is 0 Å². The summed E-state index contributed by atoms with van der Waals surface area (Å²) in [6.45, 7) is 10.2. The van der Waals surface area contributed by atoms with Crippen LogP contribution in [0, 0.1) is 20.8 Å². The lowest BCUT2D eigenvalue weighted by molar-refractivity contribution is 0.171. The molecule has 37 heavy (non-hydrogen) atoms. The van der Waals surface area contributed by atoms with Crippen LogP contribution >= 0.6 is 11.6 Å². The highest BCUT2D eigenvalue weighted by atomic mass is 35.5. The Balaban J connectivity index is 1.54. The molecule has 0 spiro atoms. The molecule has 1 atom stereocenters. The number of aromatic nitrogens is 5. The normalized spacial score (nSPS) is 15.4. The van der Waals surface area contributed by atoms with Crippen molar-refractivity contribution in [3.8, 4) is 0 Å². The zero-order chi connectivity index (χ0) is 26.1. The summed E-state index contributed by atoms with van der Waals surface area (Å²) in [6.07, 6.45) is 0. The second-order valence-electron chi connectivity index (χ2n) is 9.63. The topological polar surface area (TPSA) is 92.2 Å². The van der Waals surface area contributed by atoms with E-state index in [1.165, 1.54) is 5.56 Å². The van der Waals surface area contributed by atoms with Gasteiger partial charge in [-0.05, 0) is 71.5 Å². The standard InChI is InChI=1S/C27H32ClN7O2/c1-17-5-7-20-15-22(27(36)29-24(20)19(17)3)25(26-30-31-32-35(26)13-14-37-4)34-11-9-33(10-12-34)23-16-21(28)8-6-18(23)2/h5-8,15-16,25H,9-14H2,1-4H3,(H,29,36)/t25-/m1/s1. The number of tetrazole rings is 1. The predicted octanol–water partition coefficient (Wildman–Crippen LogP) is 3.65. The van der Waals surface area contributed by atoms with E-state index >= 15 is 0 Å². The average molecular weight is 522 g/mol. The Bertz CT molecular complexity index is 1470. The smallest absolute Gasteiger partial charge is 0.253 e. The molecule has 0 unspecified atom stereocenters. The summed E-state index contributed by atoms with van der Waals surface area (Å²) in [6, 6.07) is 11.7. The van der Waals surface area contributed by atoms with E-state index in [0.29, 0.717) is 24.5 Å². The van der Waals surface area contributed by atoms with Gasteiger partial charge in [-0.15, -0.1) is 5.10 Å². The van der Waals surface area contributed by atoms with E-state index in [1.807, 2.05) is 25.1 Å². The van der Waals surface area contributed by atoms with Gasteiger partial charge in [-0.1, -0.05) is 29.8 Å². The number of aromatic amines is 1. The number of ether oxygens (including phenoxy) is 1. The van der Waals surface area contributed by atoms with Crippen molar-refractivity contribution in [3.63, 3.8) is 0 Å². The monoisotopic (exact) mass is 521 g/mol. The maximum absolute atomic E-state index is 13.6. The third-order valence-electron chi connectivity index (χ3n) is 7.38. The fourth-order valence-electron chi connectivity index (χ4n) is 5.13. The van der Waals surface area contributed by atoms with Crippen LogP contribution in [0.25, 0.3) is 10.9 Å². The molecule has 3 heterocycles. The van der Waals surface area contributed by atoms with Crippen LogP contribution in [0.15, 0.2) is 41.2 Å². The number of H-pyrrole nitrogens is 1. The quantitative estimate of drug-likeness (QED) is 0.397. The van der Waals surface area contributed by atoms with E-state index in [1.54, 1.807) is 11.8 Å². The minimum atomic E-state index is -0.399. The van der Waals surface area contributed by atoms with Crippen LogP contribution < -0.4 is 10.5 Å². The number of hydrogen-bond acceptors (Lipinski definition) is 7. The zero-order valence-corrected chi connectivity index (χ0v) is 22.4. The van der Waals surface area contributed by atoms with Crippen molar-refractivity contribution in [1.82, 2.24) is 30.1 Å². The fraction of sp³-hybridized carbons (Fsp3) is 0.407. The van der Waals surface area contributed by atoms with Crippen LogP contribution in [0.3, 0.4) is 0 Å². The number of benzene rings is 2. The Hall–Kier alpha value is -3.27. The number of rotatable bonds is 7. The molecular weight excluding hydrogens is 490 g/mol. The first-order chi connectivity index (χ1) is 17.9. The van der Waals surface area contributed by atoms with Crippen molar-refractivity contribution in [1.29, 1.82) is 0 Å². The van der Waals surface area contributed by atoms with Gasteiger partial charge in [0.2, 0.25) is 0 Å². The molecule has 0 aliphatic carbocycles. The van der Waals surface area contributed by atoms with Crippen molar-refractivity contribution in [2.24, 2.45) is 0 Å². The minimum Gasteiger partial charge on any atom is -0.383 e. The van der Waals surface area contributed by atoms with Crippen LogP contribution in [0.4, 0.5) is 5.69 Å². The van der Waals surface area contributed by atoms with E-state index in [0.717, 1.165) is 58.9 Å². The second-order valence-corrected chi connectivity index (χ2v) is 10.1. The highest BCUT2D eigenvalue weighted by Crippen LogP contribution is 2.31. The van der Waals surface area contributed by atoms with Crippen molar-refractivity contribution in [3.05, 3.63) is 79.9 Å². The molecule has 0 bridgehead atoms. The second kappa shape index (κ2) is 10.6. The molecule has 0 amide bonds. The van der Waals surface area contributed by atoms with Crippen molar-refractivity contribution in [2.45, 2.75) is 33.4 Å². The first kappa shape index (κ1) is 25.4. The van der Waals surface area contributed by atoms with E-state index in [9.17, 15) is 4.79 Å². The molecule has 1 N–H and O–H groups in total. The van der Waals surface area contributed by atoms with Gasteiger partial charge in [0.15, 0.2) is 5.82 Å². The SMILES string of the molecule is COCCn1nnnc1[C@@H](c1cc2ccc(C)c(C)c2[nH]c1=O)N1CCN(c2cc(Cl)ccc2C)CC1. The predicted molar refractivity (Wildman–Crippen MR) is 146 cm³/mol. The van der Waals surface area contributed by atoms with Gasteiger partial charge in [-0.3, -0.25) is 9.69 Å². The molecule has 5 rings (SSSR count). The zero-order valence-electron chi connectivity index (χ0n) is 21.7. The number of piperazine rings is 1. The summed E-state index contributed by atoms with van der Waals surface area (Å²) in [5.41, 5.74) is 5.93. The first-order valence-corrected chi connectivity index (χ1v) is 12.9. The number of nitrogens with zero attached hydrogens (tertiary/aromatic N) is 6. The molecule has 10 heteroatoms. The fourth-order valence-corrected chi connectivity index (χ4v) is 5.30. The van der Waals surface area contributed by atoms with Crippen molar-refractivity contribution in [2.75, 3.05) is 44.8 Å². The summed E-state index contributed by atoms with van der Waals surface area (Å²) < 4.78 is 7.02. The Labute approximate surface area is 221 Å². The summed E-state index contributed by atoms with van der Waals surface area (Å²) in [7, 11) is 1.65. The van der Waals surface area contributed by atoms with Gasteiger partial charge in [0.05, 0.1) is 18.7 Å². The van der Waals surface area contributed by atoms with Crippen LogP contribution in [-0.4, -0.2) is 70.0 Å². The average Bonchev–Trinajstić information content (AvgIpc) is 3.36. The molecule has 0 saturated carbocycles. The molecule has 194 valence electrons. The highest BCUT2D eigenvalue weighted by Gasteiger charge is 2.33. The number of aryl methyl sites for hydroxylation is 3. The summed E-state index contributed by atoms with van der Waals surface area (Å²) in [5.74, 6) is 0.637. The molecule has 9 nitrogen and oxygen atoms in total. The lowest BCUT2D eigenvalue weighted by Gasteiger charge is -2.40. The number of pyridine rings is 1. The van der Waals surface area contributed by atoms with Gasteiger partial charge in [-0.25, -0.2) is 4.68 Å². The van der Waals surface area contributed by atoms with E-state index in [4.69, 9.17) is 16.3 Å². The van der Waals surface area contributed by atoms with Crippen LogP contribution in [0.2, 0.25) is 5.02 Å². The van der Waals surface area contributed by atoms with E-state index in [-0.39, 0.29) is 5.56 Å². The van der Waals surface area contributed by atoms with Gasteiger partial charge < -0.3 is 14.6 Å². The molecule has 1 aliphatic heterocycles. The first-order valence-electron chi connectivity index (χ1n) is 12.5. The van der Waals surface area contributed by atoms with Crippen molar-refractivity contribution >= 4 is 28.2 Å². The van der Waals surface area contributed by atoms with Gasteiger partial charge in [0.1, 0.15) is 6.04 Å². The lowest BCUT2D eigenvalue weighted by Crippen LogP contribution is -2.49. The van der Waals surface area contributed by atoms with Gasteiger partial charge in [0, 0.05) is 49.6 Å². The number of anilines is 1. The number of methoxy groups -OCH3 is 1. The summed E-state index contributed by atoms with van der Waals surface area (Å²) >= 11 is 6.30. The highest BCUT2D eigenvalue weighted by molar-refractivity contribution is 6.30. The molecule has 1 fully saturated rings. The van der Waals surface area contributed by atoms with Gasteiger partial charge in [0.25, 0.3) is 5.56 Å². The minimum absolute atomic E-state index is 0.124. The molecule has 1 aliphatic rings. The molecule has 2 aromatic heterocycles. The Morgan fingerprint density at radius 3 is 2.57 bits per heavy atom. The molecule has 1 saturated heterocycles. The maximum Gasteiger partial charge on any atom is 0.253 e. The third kappa shape index (κ3) is 4.99. The maximum atomic E-state index is 13.6. The summed E-state index contributed by atoms with van der Waals surface area (Å²) in [4.78, 5) is 21.4. The molecule has 0 radical (unpaired) electrons. The Morgan fingerprint density at radius 2 is 1.81 bits per heavy atom. The summed E-state index contributed by atoms with van der Waals surface area (Å²) in [5, 5.41) is 14.3. The third-order valence-corrected chi connectivity index (χ3v) is 7.61. The number of fused-ring (bicyclic) bond motifs is 1. The largest absolute Gasteiger partial charge is 0.383 e. The van der Waals surface area contributed by atoms with Crippen LogP contribution in [-0.2, 0) is 11.3 Å². The van der Waals surface area contributed by atoms with E-state index < -0.39 is 6.04 Å². The Morgan fingerprint density at radius 1 is 1.05 bits per heavy atom. The van der Waals surface area contributed by atoms with Crippen LogP contribution in [0.1, 0.15) is 34.1 Å². The lowest BCUT2D eigenvalue weighted by atomic mass is 9.99. The van der Waals surface area contributed by atoms with Crippen molar-refractivity contribution < 1.29 is 4.74 Å². The van der Waals surface area contributed by atoms with Crippen LogP contribution in [0.5, 0.6) is 0 Å². The molecular formula is C27H32ClN7O2.